The third-order valence-corrected chi connectivity index (χ3v) is 4.87. The van der Waals surface area contributed by atoms with Gasteiger partial charge in [0.05, 0.1) is 6.04 Å². The van der Waals surface area contributed by atoms with Gasteiger partial charge in [-0.2, -0.15) is 0 Å². The van der Waals surface area contributed by atoms with Gasteiger partial charge in [0.15, 0.2) is 0 Å². The van der Waals surface area contributed by atoms with Crippen molar-refractivity contribution in [2.75, 3.05) is 26.2 Å². The van der Waals surface area contributed by atoms with Crippen LogP contribution in [0.1, 0.15) is 17.2 Å². The van der Waals surface area contributed by atoms with E-state index < -0.39 is 6.36 Å². The molecule has 158 valence electrons. The number of nitrogens with one attached hydrogen (secondary N) is 2. The number of halogens is 5. The molecule has 0 aliphatic carbocycles. The molecule has 0 unspecified atom stereocenters. The van der Waals surface area contributed by atoms with Gasteiger partial charge in [0, 0.05) is 43.3 Å². The average Bonchev–Trinajstić information content (AvgIpc) is 3.13. The summed E-state index contributed by atoms with van der Waals surface area (Å²) in [4.78, 5) is 5.59. The van der Waals surface area contributed by atoms with E-state index in [0.717, 1.165) is 48.2 Å². The second-order valence-corrected chi connectivity index (χ2v) is 6.59. The van der Waals surface area contributed by atoms with Crippen LogP contribution in [-0.2, 0) is 0 Å². The second kappa shape index (κ2) is 9.71. The number of aromatic amines is 1. The molecule has 0 saturated carbocycles. The Hall–Kier alpha value is -1.93. The summed E-state index contributed by atoms with van der Waals surface area (Å²) >= 11 is 0. The first-order chi connectivity index (χ1) is 13.0. The molecular weight excluding hydrogens is 426 g/mol. The van der Waals surface area contributed by atoms with Crippen LogP contribution in [0.15, 0.2) is 54.7 Å². The molecule has 4 nitrogen and oxygen atoms in total. The summed E-state index contributed by atoms with van der Waals surface area (Å²) in [7, 11) is 0. The van der Waals surface area contributed by atoms with Gasteiger partial charge in [0.2, 0.25) is 0 Å². The van der Waals surface area contributed by atoms with E-state index in [0.29, 0.717) is 0 Å². The SMILES string of the molecule is Cl.Cl.FC(F)(F)Oc1ccc([C@H](c2cccc3[nH]ccc23)N2CCNCC2)cc1. The Balaban J connectivity index is 0.00000150. The van der Waals surface area contributed by atoms with Crippen LogP contribution < -0.4 is 10.1 Å². The highest BCUT2D eigenvalue weighted by Gasteiger charge is 2.31. The molecule has 29 heavy (non-hydrogen) atoms. The molecule has 0 radical (unpaired) electrons. The second-order valence-electron chi connectivity index (χ2n) is 6.59. The van der Waals surface area contributed by atoms with Crippen LogP contribution >= 0.6 is 24.8 Å². The summed E-state index contributed by atoms with van der Waals surface area (Å²) in [5, 5.41) is 4.47. The highest BCUT2D eigenvalue weighted by Crippen LogP contribution is 2.35. The van der Waals surface area contributed by atoms with E-state index >= 15 is 0 Å². The lowest BCUT2D eigenvalue weighted by Crippen LogP contribution is -2.45. The number of alkyl halides is 3. The molecule has 1 aliphatic rings. The minimum atomic E-state index is -4.68. The van der Waals surface area contributed by atoms with Crippen molar-refractivity contribution in [2.24, 2.45) is 0 Å². The number of ether oxygens (including phenoxy) is 1. The zero-order valence-electron chi connectivity index (χ0n) is 15.4. The summed E-state index contributed by atoms with van der Waals surface area (Å²) in [5.74, 6) is -0.204. The minimum Gasteiger partial charge on any atom is -0.406 e. The number of piperazine rings is 1. The predicted molar refractivity (Wildman–Crippen MR) is 112 cm³/mol. The first kappa shape index (κ1) is 23.3. The van der Waals surface area contributed by atoms with Gasteiger partial charge in [-0.05, 0) is 35.4 Å². The van der Waals surface area contributed by atoms with Crippen molar-refractivity contribution in [3.05, 3.63) is 65.9 Å². The molecular formula is C20H22Cl2F3N3O. The number of benzene rings is 2. The average molecular weight is 448 g/mol. The maximum atomic E-state index is 12.5. The normalized spacial score (nSPS) is 16.0. The van der Waals surface area contributed by atoms with Crippen molar-refractivity contribution in [1.29, 1.82) is 0 Å². The predicted octanol–water partition coefficient (Wildman–Crippen LogP) is 4.90. The summed E-state index contributed by atoms with van der Waals surface area (Å²) in [6, 6.07) is 14.3. The van der Waals surface area contributed by atoms with Crippen LogP contribution in [0.5, 0.6) is 5.75 Å². The molecule has 3 aromatic rings. The molecule has 1 fully saturated rings. The van der Waals surface area contributed by atoms with Crippen molar-refractivity contribution in [3.8, 4) is 5.75 Å². The number of H-pyrrole nitrogens is 1. The summed E-state index contributed by atoms with van der Waals surface area (Å²) in [6.45, 7) is 3.50. The molecule has 2 aromatic carbocycles. The minimum absolute atomic E-state index is 0. The van der Waals surface area contributed by atoms with Gasteiger partial charge in [-0.15, -0.1) is 38.0 Å². The standard InChI is InChI=1S/C20H20F3N3O.2ClH/c21-20(22,23)27-15-6-4-14(5-7-15)19(26-12-10-24-11-13-26)17-2-1-3-18-16(17)8-9-25-18;;/h1-9,19,24-25H,10-13H2;2*1H/t19-;;/m1../s1. The Morgan fingerprint density at radius 2 is 1.62 bits per heavy atom. The van der Waals surface area contributed by atoms with Crippen molar-refractivity contribution < 1.29 is 17.9 Å². The zero-order chi connectivity index (χ0) is 18.9. The van der Waals surface area contributed by atoms with E-state index in [1.165, 1.54) is 12.1 Å². The van der Waals surface area contributed by atoms with Gasteiger partial charge >= 0.3 is 6.36 Å². The first-order valence-corrected chi connectivity index (χ1v) is 8.88. The van der Waals surface area contributed by atoms with Gasteiger partial charge in [0.25, 0.3) is 0 Å². The number of nitrogens with zero attached hydrogens (tertiary/aromatic N) is 1. The smallest absolute Gasteiger partial charge is 0.406 e. The maximum absolute atomic E-state index is 12.5. The molecule has 2 N–H and O–H groups in total. The van der Waals surface area contributed by atoms with Crippen molar-refractivity contribution >= 4 is 35.7 Å². The molecule has 1 saturated heterocycles. The van der Waals surface area contributed by atoms with Crippen molar-refractivity contribution in [3.63, 3.8) is 0 Å². The number of rotatable bonds is 4. The van der Waals surface area contributed by atoms with E-state index in [-0.39, 0.29) is 36.6 Å². The molecule has 1 aliphatic heterocycles. The number of hydrogen-bond acceptors (Lipinski definition) is 3. The van der Waals surface area contributed by atoms with Crippen LogP contribution in [-0.4, -0.2) is 42.4 Å². The van der Waals surface area contributed by atoms with Crippen LogP contribution in [0.3, 0.4) is 0 Å². The fourth-order valence-electron chi connectivity index (χ4n) is 3.73. The Morgan fingerprint density at radius 3 is 2.28 bits per heavy atom. The number of fused-ring (bicyclic) bond motifs is 1. The fourth-order valence-corrected chi connectivity index (χ4v) is 3.73. The van der Waals surface area contributed by atoms with Crippen molar-refractivity contribution in [2.45, 2.75) is 12.4 Å². The lowest BCUT2D eigenvalue weighted by atomic mass is 9.94. The fraction of sp³-hybridized carbons (Fsp3) is 0.300. The van der Waals surface area contributed by atoms with Gasteiger partial charge in [0.1, 0.15) is 5.75 Å². The van der Waals surface area contributed by atoms with Gasteiger partial charge < -0.3 is 15.0 Å². The largest absolute Gasteiger partial charge is 0.573 e. The molecule has 4 rings (SSSR count). The number of hydrogen-bond donors (Lipinski definition) is 2. The summed E-state index contributed by atoms with van der Waals surface area (Å²) in [6.07, 6.45) is -2.78. The monoisotopic (exact) mass is 447 g/mol. The van der Waals surface area contributed by atoms with Gasteiger partial charge in [-0.25, -0.2) is 0 Å². The highest BCUT2D eigenvalue weighted by atomic mass is 35.5. The van der Waals surface area contributed by atoms with E-state index in [1.54, 1.807) is 12.1 Å². The van der Waals surface area contributed by atoms with Crippen molar-refractivity contribution in [1.82, 2.24) is 15.2 Å². The highest BCUT2D eigenvalue weighted by molar-refractivity contribution is 5.85. The Morgan fingerprint density at radius 1 is 0.931 bits per heavy atom. The summed E-state index contributed by atoms with van der Waals surface area (Å²) < 4.78 is 41.4. The van der Waals surface area contributed by atoms with Crippen LogP contribution in [0.4, 0.5) is 13.2 Å². The lowest BCUT2D eigenvalue weighted by Gasteiger charge is -2.36. The first-order valence-electron chi connectivity index (χ1n) is 8.88. The quantitative estimate of drug-likeness (QED) is 0.597. The molecule has 0 spiro atoms. The molecule has 1 atom stereocenters. The van der Waals surface area contributed by atoms with Crippen LogP contribution in [0, 0.1) is 0 Å². The number of aromatic nitrogens is 1. The zero-order valence-corrected chi connectivity index (χ0v) is 17.0. The van der Waals surface area contributed by atoms with E-state index in [1.807, 2.05) is 24.4 Å². The molecule has 0 amide bonds. The van der Waals surface area contributed by atoms with E-state index in [4.69, 9.17) is 0 Å². The van der Waals surface area contributed by atoms with Gasteiger partial charge in [-0.3, -0.25) is 4.90 Å². The molecule has 9 heteroatoms. The topological polar surface area (TPSA) is 40.3 Å². The Kier molecular flexibility index (Phi) is 7.82. The van der Waals surface area contributed by atoms with Crippen LogP contribution in [0.2, 0.25) is 0 Å². The lowest BCUT2D eigenvalue weighted by molar-refractivity contribution is -0.274. The third-order valence-electron chi connectivity index (χ3n) is 4.87. The summed E-state index contributed by atoms with van der Waals surface area (Å²) in [5.41, 5.74) is 3.13. The van der Waals surface area contributed by atoms with Gasteiger partial charge in [-0.1, -0.05) is 24.3 Å². The van der Waals surface area contributed by atoms with E-state index in [9.17, 15) is 13.2 Å². The molecule has 1 aromatic heterocycles. The van der Waals surface area contributed by atoms with E-state index in [2.05, 4.69) is 26.0 Å². The van der Waals surface area contributed by atoms with Crippen LogP contribution in [0.25, 0.3) is 10.9 Å². The Labute approximate surface area is 179 Å². The molecule has 2 heterocycles. The third kappa shape index (κ3) is 5.36. The maximum Gasteiger partial charge on any atom is 0.573 e. The Bertz CT molecular complexity index is 909. The molecule has 0 bridgehead atoms.